The van der Waals surface area contributed by atoms with E-state index in [1.54, 1.807) is 0 Å². The van der Waals surface area contributed by atoms with Crippen molar-refractivity contribution in [1.82, 2.24) is 10.2 Å². The van der Waals surface area contributed by atoms with Gasteiger partial charge in [-0.2, -0.15) is 0 Å². The molecule has 2 aromatic carbocycles. The Morgan fingerprint density at radius 1 is 0.978 bits per heavy atom. The number of nitrogens with zero attached hydrogens (tertiary/aromatic N) is 1. The summed E-state index contributed by atoms with van der Waals surface area (Å²) in [6, 6.07) is 15.1. The summed E-state index contributed by atoms with van der Waals surface area (Å²) in [7, 11) is 1.97. The van der Waals surface area contributed by atoms with Crippen LogP contribution in [0, 0.1) is 0 Å². The van der Waals surface area contributed by atoms with E-state index in [1.807, 2.05) is 71.1 Å². The number of hydrogen-bond acceptors (Lipinski definition) is 9. The molecule has 45 heavy (non-hydrogen) atoms. The Hall–Kier alpha value is -3.06. The maximum Gasteiger partial charge on any atom is 0.407 e. The molecule has 5 atom stereocenters. The molecular weight excluding hydrogens is 580 g/mol. The minimum Gasteiger partial charge on any atom is -0.480 e. The summed E-state index contributed by atoms with van der Waals surface area (Å²) in [5.41, 5.74) is 4.46. The van der Waals surface area contributed by atoms with Crippen LogP contribution in [0.1, 0.15) is 64.0 Å². The van der Waals surface area contributed by atoms with Crippen molar-refractivity contribution in [3.63, 3.8) is 0 Å². The van der Waals surface area contributed by atoms with Crippen LogP contribution in [-0.4, -0.2) is 97.1 Å². The molecule has 244 valence electrons. The van der Waals surface area contributed by atoms with E-state index in [-0.39, 0.29) is 31.2 Å². The number of carbonyl (C=O) groups excluding carboxylic acids is 1. The number of nitrogens with one attached hydrogen (secondary N) is 1. The third-order valence-electron chi connectivity index (χ3n) is 8.98. The lowest BCUT2D eigenvalue weighted by Gasteiger charge is -2.42. The predicted molar refractivity (Wildman–Crippen MR) is 164 cm³/mol. The fourth-order valence-corrected chi connectivity index (χ4v) is 7.19. The third kappa shape index (κ3) is 6.61. The summed E-state index contributed by atoms with van der Waals surface area (Å²) in [5, 5.41) is 12.4. The van der Waals surface area contributed by atoms with Gasteiger partial charge < -0.3 is 43.7 Å². The highest BCUT2D eigenvalue weighted by molar-refractivity contribution is 5.81. The fraction of sp³-hybridized carbons (Fsp3) is 0.588. The van der Waals surface area contributed by atoms with Gasteiger partial charge in [-0.1, -0.05) is 48.5 Å². The first kappa shape index (κ1) is 31.9. The Balaban J connectivity index is 0.979. The van der Waals surface area contributed by atoms with Crippen LogP contribution in [0.3, 0.4) is 0 Å². The SMILES string of the molecule is CN(CCCC[C@H](NC(=O)OCC1c2ccccc2-c2ccccc21)C(=O)O)CC12OCC3OC(C)(C)OC3C1OC(C)(C)O2. The van der Waals surface area contributed by atoms with Crippen LogP contribution < -0.4 is 5.32 Å². The summed E-state index contributed by atoms with van der Waals surface area (Å²) >= 11 is 0. The summed E-state index contributed by atoms with van der Waals surface area (Å²) in [4.78, 5) is 26.8. The average molecular weight is 625 g/mol. The number of benzene rings is 2. The van der Waals surface area contributed by atoms with Gasteiger partial charge in [0.2, 0.25) is 5.79 Å². The van der Waals surface area contributed by atoms with E-state index >= 15 is 0 Å². The van der Waals surface area contributed by atoms with E-state index in [1.165, 1.54) is 0 Å². The second-order valence-electron chi connectivity index (χ2n) is 13.4. The van der Waals surface area contributed by atoms with Crippen LogP contribution in [0.5, 0.6) is 0 Å². The summed E-state index contributed by atoms with van der Waals surface area (Å²) < 4.78 is 36.7. The zero-order valence-corrected chi connectivity index (χ0v) is 26.6. The number of aliphatic carboxylic acids is 1. The third-order valence-corrected chi connectivity index (χ3v) is 8.98. The first-order chi connectivity index (χ1) is 21.4. The van der Waals surface area contributed by atoms with Crippen molar-refractivity contribution in [3.05, 3.63) is 59.7 Å². The fourth-order valence-electron chi connectivity index (χ4n) is 7.19. The molecule has 2 aromatic rings. The van der Waals surface area contributed by atoms with E-state index in [0.29, 0.717) is 32.5 Å². The molecule has 2 N–H and O–H groups in total. The van der Waals surface area contributed by atoms with E-state index in [0.717, 1.165) is 22.3 Å². The average Bonchev–Trinajstić information content (AvgIpc) is 3.58. The predicted octanol–water partition coefficient (Wildman–Crippen LogP) is 4.48. The highest BCUT2D eigenvalue weighted by Gasteiger charge is 2.65. The van der Waals surface area contributed by atoms with E-state index in [9.17, 15) is 14.7 Å². The molecule has 0 radical (unpaired) electrons. The van der Waals surface area contributed by atoms with Crippen LogP contribution in [-0.2, 0) is 33.2 Å². The van der Waals surface area contributed by atoms with Gasteiger partial charge in [-0.15, -0.1) is 0 Å². The molecular formula is C34H44N2O9. The van der Waals surface area contributed by atoms with Gasteiger partial charge in [0.25, 0.3) is 0 Å². The van der Waals surface area contributed by atoms with Crippen molar-refractivity contribution in [3.8, 4) is 11.1 Å². The molecule has 11 heteroatoms. The number of carboxylic acid groups (broad SMARTS) is 1. The number of alkyl carbamates (subject to hydrolysis) is 1. The summed E-state index contributed by atoms with van der Waals surface area (Å²) in [6.07, 6.45) is -0.192. The van der Waals surface area contributed by atoms with Crippen molar-refractivity contribution in [2.45, 2.75) is 94.6 Å². The smallest absolute Gasteiger partial charge is 0.407 e. The largest absolute Gasteiger partial charge is 0.480 e. The van der Waals surface area contributed by atoms with Gasteiger partial charge in [-0.3, -0.25) is 0 Å². The van der Waals surface area contributed by atoms with Gasteiger partial charge in [-0.05, 0) is 82.8 Å². The lowest BCUT2D eigenvalue weighted by Crippen LogP contribution is -2.62. The number of unbranched alkanes of at least 4 members (excludes halogenated alkanes) is 1. The number of ether oxygens (including phenoxy) is 6. The molecule has 0 saturated carbocycles. The molecule has 3 fully saturated rings. The number of likely N-dealkylation sites (N-methyl/N-ethyl adjacent to an activating group) is 1. The Kier molecular flexibility index (Phi) is 8.70. The number of carbonyl (C=O) groups is 2. The molecule has 4 aliphatic rings. The lowest BCUT2D eigenvalue weighted by molar-refractivity contribution is -0.285. The zero-order chi connectivity index (χ0) is 32.0. The summed E-state index contributed by atoms with van der Waals surface area (Å²) in [5.74, 6) is -3.79. The normalized spacial score (nSPS) is 28.2. The van der Waals surface area contributed by atoms with Gasteiger partial charge in [0, 0.05) is 5.92 Å². The van der Waals surface area contributed by atoms with Crippen LogP contribution in [0.2, 0.25) is 0 Å². The Morgan fingerprint density at radius 2 is 1.64 bits per heavy atom. The maximum atomic E-state index is 12.7. The molecule has 6 rings (SSSR count). The topological polar surface area (TPSA) is 125 Å². The quantitative estimate of drug-likeness (QED) is 0.346. The van der Waals surface area contributed by atoms with Gasteiger partial charge in [-0.25, -0.2) is 9.59 Å². The molecule has 3 heterocycles. The number of rotatable bonds is 11. The molecule has 0 aromatic heterocycles. The molecule has 0 bridgehead atoms. The van der Waals surface area contributed by atoms with Crippen molar-refractivity contribution < 1.29 is 43.1 Å². The second kappa shape index (κ2) is 12.3. The number of amides is 1. The van der Waals surface area contributed by atoms with Gasteiger partial charge in [0.1, 0.15) is 31.0 Å². The molecule has 0 spiro atoms. The number of fused-ring (bicyclic) bond motifs is 6. The highest BCUT2D eigenvalue weighted by Crippen LogP contribution is 2.48. The van der Waals surface area contributed by atoms with Crippen LogP contribution in [0.4, 0.5) is 4.79 Å². The lowest BCUT2D eigenvalue weighted by atomic mass is 9.96. The van der Waals surface area contributed by atoms with Crippen molar-refractivity contribution in [1.29, 1.82) is 0 Å². The molecule has 1 aliphatic carbocycles. The molecule has 3 aliphatic heterocycles. The Labute approximate surface area is 264 Å². The van der Waals surface area contributed by atoms with Crippen LogP contribution >= 0.6 is 0 Å². The number of carboxylic acids is 1. The van der Waals surface area contributed by atoms with Crippen LogP contribution in [0.15, 0.2) is 48.5 Å². The monoisotopic (exact) mass is 624 g/mol. The minimum atomic E-state index is -1.09. The number of hydrogen-bond donors (Lipinski definition) is 2. The molecule has 3 saturated heterocycles. The van der Waals surface area contributed by atoms with Gasteiger partial charge in [0.05, 0.1) is 13.2 Å². The van der Waals surface area contributed by atoms with Crippen molar-refractivity contribution in [2.24, 2.45) is 0 Å². The zero-order valence-electron chi connectivity index (χ0n) is 26.6. The maximum absolute atomic E-state index is 12.7. The van der Waals surface area contributed by atoms with Crippen LogP contribution in [0.25, 0.3) is 11.1 Å². The Bertz CT molecular complexity index is 1370. The van der Waals surface area contributed by atoms with E-state index in [4.69, 9.17) is 28.4 Å². The standard InChI is InChI=1S/C34H44N2O9/c1-32(2)42-27-19-41-34(29(28(27)43-32)44-33(3,4)45-34)20-36(5)17-11-10-16-26(30(37)38)35-31(39)40-18-25-23-14-8-6-12-21(23)22-13-7-9-15-24(22)25/h6-9,12-15,25-29H,10-11,16-20H2,1-5H3,(H,35,39)(H,37,38)/t26-,27?,28?,29?,34?/m0/s1. The molecule has 11 nitrogen and oxygen atoms in total. The second-order valence-corrected chi connectivity index (χ2v) is 13.4. The van der Waals surface area contributed by atoms with Crippen molar-refractivity contribution in [2.75, 3.05) is 33.4 Å². The Morgan fingerprint density at radius 3 is 2.31 bits per heavy atom. The summed E-state index contributed by atoms with van der Waals surface area (Å²) in [6.45, 7) is 9.05. The first-order valence-electron chi connectivity index (χ1n) is 15.8. The van der Waals surface area contributed by atoms with Gasteiger partial charge in [0.15, 0.2) is 11.6 Å². The van der Waals surface area contributed by atoms with E-state index in [2.05, 4.69) is 22.3 Å². The highest BCUT2D eigenvalue weighted by atomic mass is 16.9. The minimum absolute atomic E-state index is 0.0980. The van der Waals surface area contributed by atoms with Gasteiger partial charge >= 0.3 is 12.1 Å². The van der Waals surface area contributed by atoms with E-state index < -0.39 is 41.6 Å². The van der Waals surface area contributed by atoms with Crippen molar-refractivity contribution >= 4 is 12.1 Å². The first-order valence-corrected chi connectivity index (χ1v) is 15.8. The molecule has 1 amide bonds. The molecule has 4 unspecified atom stereocenters.